The first-order valence-corrected chi connectivity index (χ1v) is 6.72. The van der Waals surface area contributed by atoms with Crippen molar-refractivity contribution in [3.05, 3.63) is 29.8 Å². The molecular formula is C14H22ClN3. The van der Waals surface area contributed by atoms with Crippen molar-refractivity contribution in [3.63, 3.8) is 0 Å². The van der Waals surface area contributed by atoms with Crippen molar-refractivity contribution in [3.8, 4) is 0 Å². The van der Waals surface area contributed by atoms with Gasteiger partial charge < -0.3 is 15.5 Å². The topological polar surface area (TPSA) is 27.3 Å². The summed E-state index contributed by atoms with van der Waals surface area (Å²) in [6.45, 7) is 5.65. The van der Waals surface area contributed by atoms with Gasteiger partial charge in [-0.2, -0.15) is 0 Å². The van der Waals surface area contributed by atoms with Crippen LogP contribution < -0.4 is 15.5 Å². The molecule has 0 amide bonds. The Balaban J connectivity index is 0.00000120. The Morgan fingerprint density at radius 2 is 1.72 bits per heavy atom. The van der Waals surface area contributed by atoms with Crippen molar-refractivity contribution < 1.29 is 0 Å². The van der Waals surface area contributed by atoms with E-state index in [1.807, 2.05) is 0 Å². The van der Waals surface area contributed by atoms with Gasteiger partial charge in [-0.25, -0.2) is 0 Å². The third-order valence-electron chi connectivity index (χ3n) is 3.81. The van der Waals surface area contributed by atoms with Crippen LogP contribution in [0.1, 0.15) is 24.4 Å². The van der Waals surface area contributed by atoms with Gasteiger partial charge in [-0.1, -0.05) is 12.1 Å². The van der Waals surface area contributed by atoms with Crippen LogP contribution in [0.4, 0.5) is 5.69 Å². The van der Waals surface area contributed by atoms with E-state index in [0.29, 0.717) is 6.04 Å². The molecular weight excluding hydrogens is 246 g/mol. The van der Waals surface area contributed by atoms with Gasteiger partial charge in [0.15, 0.2) is 0 Å². The summed E-state index contributed by atoms with van der Waals surface area (Å²) < 4.78 is 0. The van der Waals surface area contributed by atoms with Crippen LogP contribution >= 0.6 is 12.4 Å². The van der Waals surface area contributed by atoms with Gasteiger partial charge in [0.05, 0.1) is 0 Å². The van der Waals surface area contributed by atoms with Crippen molar-refractivity contribution >= 4 is 18.1 Å². The van der Waals surface area contributed by atoms with Crippen LogP contribution in [-0.4, -0.2) is 32.7 Å². The van der Waals surface area contributed by atoms with Gasteiger partial charge in [0.1, 0.15) is 0 Å². The predicted octanol–water partition coefficient (Wildman–Crippen LogP) is 1.94. The lowest BCUT2D eigenvalue weighted by atomic mass is 10.0. The molecule has 2 heterocycles. The number of benzene rings is 1. The molecule has 2 fully saturated rings. The molecule has 0 aliphatic carbocycles. The molecule has 1 aromatic rings. The largest absolute Gasteiger partial charge is 0.372 e. The number of hydrogen-bond acceptors (Lipinski definition) is 3. The molecule has 0 radical (unpaired) electrons. The fourth-order valence-corrected chi connectivity index (χ4v) is 2.78. The normalized spacial score (nSPS) is 23.8. The second-order valence-corrected chi connectivity index (χ2v) is 5.00. The number of anilines is 1. The van der Waals surface area contributed by atoms with E-state index >= 15 is 0 Å². The molecule has 3 nitrogen and oxygen atoms in total. The Morgan fingerprint density at radius 1 is 1.00 bits per heavy atom. The molecule has 0 saturated carbocycles. The highest BCUT2D eigenvalue weighted by atomic mass is 35.5. The summed E-state index contributed by atoms with van der Waals surface area (Å²) in [5.74, 6) is 0. The number of rotatable bonds is 2. The van der Waals surface area contributed by atoms with Crippen LogP contribution in [-0.2, 0) is 0 Å². The van der Waals surface area contributed by atoms with E-state index in [9.17, 15) is 0 Å². The van der Waals surface area contributed by atoms with Crippen molar-refractivity contribution in [1.29, 1.82) is 0 Å². The van der Waals surface area contributed by atoms with Crippen molar-refractivity contribution in [2.75, 3.05) is 37.6 Å². The highest BCUT2D eigenvalue weighted by Gasteiger charge is 2.15. The van der Waals surface area contributed by atoms with E-state index in [4.69, 9.17) is 0 Å². The molecule has 2 N–H and O–H groups in total. The molecule has 3 rings (SSSR count). The van der Waals surface area contributed by atoms with E-state index in [1.165, 1.54) is 37.2 Å². The maximum Gasteiger partial charge on any atom is 0.0447 e. The lowest BCUT2D eigenvalue weighted by Crippen LogP contribution is -2.42. The molecule has 0 unspecified atom stereocenters. The maximum absolute atomic E-state index is 3.55. The van der Waals surface area contributed by atoms with Crippen LogP contribution in [0, 0.1) is 0 Å². The van der Waals surface area contributed by atoms with E-state index in [0.717, 1.165) is 19.6 Å². The Bertz CT molecular complexity index is 354. The van der Waals surface area contributed by atoms with Gasteiger partial charge in [-0.05, 0) is 30.5 Å². The average molecular weight is 268 g/mol. The first-order chi connectivity index (χ1) is 8.43. The van der Waals surface area contributed by atoms with Crippen LogP contribution in [0.25, 0.3) is 0 Å². The minimum Gasteiger partial charge on any atom is -0.372 e. The van der Waals surface area contributed by atoms with Gasteiger partial charge in [0, 0.05) is 44.5 Å². The predicted molar refractivity (Wildman–Crippen MR) is 78.8 cm³/mol. The van der Waals surface area contributed by atoms with Crippen LogP contribution in [0.2, 0.25) is 0 Å². The first-order valence-electron chi connectivity index (χ1n) is 6.72. The highest BCUT2D eigenvalue weighted by molar-refractivity contribution is 5.85. The number of halogens is 1. The monoisotopic (exact) mass is 267 g/mol. The molecule has 100 valence electrons. The molecule has 1 atom stereocenters. The number of nitrogens with zero attached hydrogens (tertiary/aromatic N) is 1. The highest BCUT2D eigenvalue weighted by Crippen LogP contribution is 2.22. The molecule has 2 aliphatic rings. The molecule has 0 bridgehead atoms. The SMILES string of the molecule is Cl.c1cc(N2CCCC2)ccc1[C@H]1CNCCN1. The fraction of sp³-hybridized carbons (Fsp3) is 0.571. The fourth-order valence-electron chi connectivity index (χ4n) is 2.78. The third-order valence-corrected chi connectivity index (χ3v) is 3.81. The Morgan fingerprint density at radius 3 is 2.33 bits per heavy atom. The lowest BCUT2D eigenvalue weighted by molar-refractivity contribution is 0.430. The number of hydrogen-bond donors (Lipinski definition) is 2. The summed E-state index contributed by atoms with van der Waals surface area (Å²) in [7, 11) is 0. The standard InChI is InChI=1S/C14H21N3.ClH/c1-2-10-17(9-1)13-5-3-12(4-6-13)14-11-15-7-8-16-14;/h3-6,14-16H,1-2,7-11H2;1H/t14-;/m1./s1. The summed E-state index contributed by atoms with van der Waals surface area (Å²) in [6.07, 6.45) is 2.69. The smallest absolute Gasteiger partial charge is 0.0447 e. The number of piperazine rings is 1. The molecule has 2 saturated heterocycles. The zero-order valence-electron chi connectivity index (χ0n) is 10.7. The van der Waals surface area contributed by atoms with Gasteiger partial charge in [-0.15, -0.1) is 12.4 Å². The van der Waals surface area contributed by atoms with Gasteiger partial charge in [0.2, 0.25) is 0 Å². The van der Waals surface area contributed by atoms with Crippen molar-refractivity contribution in [2.24, 2.45) is 0 Å². The first kappa shape index (κ1) is 13.7. The molecule has 4 heteroatoms. The van der Waals surface area contributed by atoms with Gasteiger partial charge in [-0.3, -0.25) is 0 Å². The Labute approximate surface area is 115 Å². The zero-order valence-corrected chi connectivity index (χ0v) is 11.5. The lowest BCUT2D eigenvalue weighted by Gasteiger charge is -2.25. The summed E-state index contributed by atoms with van der Waals surface area (Å²) >= 11 is 0. The maximum atomic E-state index is 3.55. The van der Waals surface area contributed by atoms with E-state index in [1.54, 1.807) is 0 Å². The Hall–Kier alpha value is -0.770. The Kier molecular flexibility index (Phi) is 4.87. The molecule has 1 aromatic carbocycles. The van der Waals surface area contributed by atoms with Crippen LogP contribution in [0.5, 0.6) is 0 Å². The van der Waals surface area contributed by atoms with Crippen molar-refractivity contribution in [2.45, 2.75) is 18.9 Å². The summed E-state index contributed by atoms with van der Waals surface area (Å²) in [5.41, 5.74) is 2.79. The second kappa shape index (κ2) is 6.41. The van der Waals surface area contributed by atoms with E-state index in [2.05, 4.69) is 39.8 Å². The summed E-state index contributed by atoms with van der Waals surface area (Å²) in [5, 5.41) is 6.98. The van der Waals surface area contributed by atoms with Crippen LogP contribution in [0.15, 0.2) is 24.3 Å². The van der Waals surface area contributed by atoms with Gasteiger partial charge in [0.25, 0.3) is 0 Å². The third kappa shape index (κ3) is 2.97. The van der Waals surface area contributed by atoms with Gasteiger partial charge >= 0.3 is 0 Å². The van der Waals surface area contributed by atoms with Crippen molar-refractivity contribution in [1.82, 2.24) is 10.6 Å². The molecule has 0 spiro atoms. The minimum absolute atomic E-state index is 0. The second-order valence-electron chi connectivity index (χ2n) is 5.00. The quantitative estimate of drug-likeness (QED) is 0.858. The van der Waals surface area contributed by atoms with E-state index < -0.39 is 0 Å². The zero-order chi connectivity index (χ0) is 11.5. The molecule has 18 heavy (non-hydrogen) atoms. The molecule has 2 aliphatic heterocycles. The van der Waals surface area contributed by atoms with E-state index in [-0.39, 0.29) is 12.4 Å². The minimum atomic E-state index is 0. The molecule has 0 aromatic heterocycles. The number of nitrogens with one attached hydrogen (secondary N) is 2. The van der Waals surface area contributed by atoms with Crippen LogP contribution in [0.3, 0.4) is 0 Å². The summed E-state index contributed by atoms with van der Waals surface area (Å²) in [6, 6.07) is 9.58. The average Bonchev–Trinajstić information content (AvgIpc) is 2.94. The summed E-state index contributed by atoms with van der Waals surface area (Å²) in [4.78, 5) is 2.48.